The molecule has 0 radical (unpaired) electrons. The number of carbonyl (C=O) groups is 2. The molecule has 1 N–H and O–H groups in total. The number of nitrogens with zero attached hydrogens (tertiary/aromatic N) is 3. The van der Waals surface area contributed by atoms with Crippen LogP contribution in [0.25, 0.3) is 0 Å². The van der Waals surface area contributed by atoms with Gasteiger partial charge in [0.15, 0.2) is 0 Å². The summed E-state index contributed by atoms with van der Waals surface area (Å²) >= 11 is 0. The second-order valence-electron chi connectivity index (χ2n) is 5.76. The summed E-state index contributed by atoms with van der Waals surface area (Å²) in [7, 11) is 4.06. The van der Waals surface area contributed by atoms with Gasteiger partial charge in [-0.15, -0.1) is 0 Å². The Hall–Kier alpha value is -1.30. The van der Waals surface area contributed by atoms with E-state index in [-0.39, 0.29) is 6.03 Å². The van der Waals surface area contributed by atoms with Crippen LogP contribution in [0.15, 0.2) is 0 Å². The maximum atomic E-state index is 12.4. The molecule has 108 valence electrons. The fourth-order valence-electron chi connectivity index (χ4n) is 2.89. The van der Waals surface area contributed by atoms with Crippen molar-refractivity contribution < 1.29 is 14.7 Å². The quantitative estimate of drug-likeness (QED) is 0.794. The second kappa shape index (κ2) is 5.77. The van der Waals surface area contributed by atoms with E-state index in [2.05, 4.69) is 4.90 Å². The van der Waals surface area contributed by atoms with Gasteiger partial charge in [0.25, 0.3) is 0 Å². The van der Waals surface area contributed by atoms with Gasteiger partial charge in [-0.05, 0) is 33.4 Å². The predicted octanol–water partition coefficient (Wildman–Crippen LogP) is 0.539. The number of rotatable bonds is 2. The third-order valence-corrected chi connectivity index (χ3v) is 4.21. The summed E-state index contributed by atoms with van der Waals surface area (Å²) in [5, 5.41) is 9.06. The third kappa shape index (κ3) is 3.18. The lowest BCUT2D eigenvalue weighted by Gasteiger charge is -2.34. The molecule has 2 fully saturated rings. The van der Waals surface area contributed by atoms with Crippen LogP contribution in [0, 0.1) is 5.92 Å². The number of hydrogen-bond donors (Lipinski definition) is 1. The predicted molar refractivity (Wildman–Crippen MR) is 71.0 cm³/mol. The minimum Gasteiger partial charge on any atom is -0.481 e. The average Bonchev–Trinajstić information content (AvgIpc) is 2.87. The monoisotopic (exact) mass is 269 g/mol. The molecule has 6 heteroatoms. The first-order valence-corrected chi connectivity index (χ1v) is 6.92. The molecule has 2 amide bonds. The number of likely N-dealkylation sites (tertiary alicyclic amines) is 2. The summed E-state index contributed by atoms with van der Waals surface area (Å²) < 4.78 is 0. The van der Waals surface area contributed by atoms with E-state index in [4.69, 9.17) is 5.11 Å². The van der Waals surface area contributed by atoms with Crippen LogP contribution in [0.3, 0.4) is 0 Å². The number of carbonyl (C=O) groups excluding carboxylic acids is 1. The minimum absolute atomic E-state index is 0.00954. The lowest BCUT2D eigenvalue weighted by Crippen LogP contribution is -2.48. The fourth-order valence-corrected chi connectivity index (χ4v) is 2.89. The Bertz CT molecular complexity index is 359. The molecule has 2 heterocycles. The van der Waals surface area contributed by atoms with Gasteiger partial charge in [0, 0.05) is 32.2 Å². The number of urea groups is 1. The van der Waals surface area contributed by atoms with Crippen molar-refractivity contribution in [3.05, 3.63) is 0 Å². The van der Waals surface area contributed by atoms with Crippen LogP contribution >= 0.6 is 0 Å². The first-order valence-electron chi connectivity index (χ1n) is 6.92. The van der Waals surface area contributed by atoms with Crippen molar-refractivity contribution in [2.24, 2.45) is 5.92 Å². The van der Waals surface area contributed by atoms with E-state index in [1.807, 2.05) is 19.0 Å². The van der Waals surface area contributed by atoms with Gasteiger partial charge in [-0.1, -0.05) is 0 Å². The third-order valence-electron chi connectivity index (χ3n) is 4.21. The average molecular weight is 269 g/mol. The lowest BCUT2D eigenvalue weighted by atomic mass is 9.99. The van der Waals surface area contributed by atoms with Crippen LogP contribution in [0.5, 0.6) is 0 Å². The van der Waals surface area contributed by atoms with Gasteiger partial charge < -0.3 is 19.8 Å². The molecule has 2 aliphatic rings. The Morgan fingerprint density at radius 1 is 1.11 bits per heavy atom. The van der Waals surface area contributed by atoms with Crippen molar-refractivity contribution in [3.63, 3.8) is 0 Å². The highest BCUT2D eigenvalue weighted by molar-refractivity contribution is 5.77. The minimum atomic E-state index is -0.787. The van der Waals surface area contributed by atoms with Crippen molar-refractivity contribution in [1.82, 2.24) is 14.7 Å². The molecule has 0 aromatic rings. The first-order chi connectivity index (χ1) is 8.99. The molecule has 0 bridgehead atoms. The highest BCUT2D eigenvalue weighted by Gasteiger charge is 2.34. The van der Waals surface area contributed by atoms with Gasteiger partial charge in [0.2, 0.25) is 0 Å². The Labute approximate surface area is 114 Å². The zero-order chi connectivity index (χ0) is 14.0. The maximum absolute atomic E-state index is 12.4. The molecule has 2 aliphatic heterocycles. The van der Waals surface area contributed by atoms with Gasteiger partial charge in [0.1, 0.15) is 0 Å². The Morgan fingerprint density at radius 2 is 1.79 bits per heavy atom. The maximum Gasteiger partial charge on any atom is 0.320 e. The van der Waals surface area contributed by atoms with Crippen LogP contribution in [-0.4, -0.2) is 78.1 Å². The molecule has 19 heavy (non-hydrogen) atoms. The lowest BCUT2D eigenvalue weighted by molar-refractivity contribution is -0.143. The SMILES string of the molecule is CN(C)C1CCN(C(=O)N2CCCC(C(=O)O)C2)C1. The molecule has 2 unspecified atom stereocenters. The van der Waals surface area contributed by atoms with Crippen molar-refractivity contribution in [2.75, 3.05) is 40.3 Å². The molecule has 2 atom stereocenters. The molecule has 0 aliphatic carbocycles. The fraction of sp³-hybridized carbons (Fsp3) is 0.846. The van der Waals surface area contributed by atoms with Crippen LogP contribution in [0.4, 0.5) is 4.79 Å². The Morgan fingerprint density at radius 3 is 2.37 bits per heavy atom. The van der Waals surface area contributed by atoms with Gasteiger partial charge >= 0.3 is 12.0 Å². The van der Waals surface area contributed by atoms with Crippen molar-refractivity contribution in [3.8, 4) is 0 Å². The standard InChI is InChI=1S/C13H23N3O3/c1-14(2)11-5-7-16(9-11)13(19)15-6-3-4-10(8-15)12(17)18/h10-11H,3-9H2,1-2H3,(H,17,18). The highest BCUT2D eigenvalue weighted by atomic mass is 16.4. The van der Waals surface area contributed by atoms with Crippen LogP contribution in [0.1, 0.15) is 19.3 Å². The van der Waals surface area contributed by atoms with E-state index in [1.54, 1.807) is 4.90 Å². The number of carboxylic acids is 1. The number of aliphatic carboxylic acids is 1. The number of likely N-dealkylation sites (N-methyl/N-ethyl adjacent to an activating group) is 1. The molecule has 0 spiro atoms. The Kier molecular flexibility index (Phi) is 4.29. The van der Waals surface area contributed by atoms with Crippen molar-refractivity contribution in [1.29, 1.82) is 0 Å². The number of amides is 2. The van der Waals surface area contributed by atoms with E-state index >= 15 is 0 Å². The zero-order valence-electron chi connectivity index (χ0n) is 11.7. The molecule has 0 aromatic carbocycles. The van der Waals surface area contributed by atoms with Crippen LogP contribution in [-0.2, 0) is 4.79 Å². The van der Waals surface area contributed by atoms with Gasteiger partial charge in [0.05, 0.1) is 5.92 Å². The van der Waals surface area contributed by atoms with Gasteiger partial charge in [-0.2, -0.15) is 0 Å². The highest BCUT2D eigenvalue weighted by Crippen LogP contribution is 2.20. The molecule has 2 rings (SSSR count). The number of carboxylic acid groups (broad SMARTS) is 1. The van der Waals surface area contributed by atoms with E-state index in [0.717, 1.165) is 25.9 Å². The molecule has 0 aromatic heterocycles. The smallest absolute Gasteiger partial charge is 0.320 e. The number of hydrogen-bond acceptors (Lipinski definition) is 3. The van der Waals surface area contributed by atoms with Crippen molar-refractivity contribution >= 4 is 12.0 Å². The summed E-state index contributed by atoms with van der Waals surface area (Å²) in [6.45, 7) is 2.57. The summed E-state index contributed by atoms with van der Waals surface area (Å²) in [6, 6.07) is 0.430. The summed E-state index contributed by atoms with van der Waals surface area (Å²) in [5.41, 5.74) is 0. The van der Waals surface area contributed by atoms with Crippen LogP contribution < -0.4 is 0 Å². The van der Waals surface area contributed by atoms with E-state index < -0.39 is 11.9 Å². The van der Waals surface area contributed by atoms with Crippen LogP contribution in [0.2, 0.25) is 0 Å². The second-order valence-corrected chi connectivity index (χ2v) is 5.76. The molecular weight excluding hydrogens is 246 g/mol. The molecule has 2 saturated heterocycles. The number of piperidine rings is 1. The first kappa shape index (κ1) is 14.1. The summed E-state index contributed by atoms with van der Waals surface area (Å²) in [4.78, 5) is 29.1. The largest absolute Gasteiger partial charge is 0.481 e. The van der Waals surface area contributed by atoms with Crippen molar-refractivity contribution in [2.45, 2.75) is 25.3 Å². The zero-order valence-corrected chi connectivity index (χ0v) is 11.7. The normalized spacial score (nSPS) is 27.9. The topological polar surface area (TPSA) is 64.1 Å². The Balaban J connectivity index is 1.91. The molecule has 6 nitrogen and oxygen atoms in total. The van der Waals surface area contributed by atoms with E-state index in [0.29, 0.717) is 25.6 Å². The van der Waals surface area contributed by atoms with Gasteiger partial charge in [-0.3, -0.25) is 4.79 Å². The van der Waals surface area contributed by atoms with Gasteiger partial charge in [-0.25, -0.2) is 4.79 Å². The molecular formula is C13H23N3O3. The van der Waals surface area contributed by atoms with E-state index in [1.165, 1.54) is 0 Å². The van der Waals surface area contributed by atoms with E-state index in [9.17, 15) is 9.59 Å². The molecule has 0 saturated carbocycles. The summed E-state index contributed by atoms with van der Waals surface area (Å²) in [5.74, 6) is -1.19. The summed E-state index contributed by atoms with van der Waals surface area (Å²) in [6.07, 6.45) is 2.46.